The van der Waals surface area contributed by atoms with Crippen molar-refractivity contribution in [3.63, 3.8) is 0 Å². The first-order chi connectivity index (χ1) is 19.6. The average molecular weight is 573 g/mol. The molecule has 11 nitrogen and oxygen atoms in total. The molecule has 0 bridgehead atoms. The Bertz CT molecular complexity index is 1130. The molecule has 0 saturated carbocycles. The maximum atomic E-state index is 9.55. The van der Waals surface area contributed by atoms with E-state index in [2.05, 4.69) is 25.2 Å². The normalized spacial score (nSPS) is 11.1. The largest absolute Gasteiger partial charge is 0.497 e. The highest BCUT2D eigenvalue weighted by molar-refractivity contribution is 5.89. The Balaban J connectivity index is 0.000000915. The molecule has 0 saturated heterocycles. The van der Waals surface area contributed by atoms with Crippen molar-refractivity contribution < 1.29 is 43.5 Å². The van der Waals surface area contributed by atoms with Crippen LogP contribution in [0.1, 0.15) is 32.3 Å². The standard InChI is InChI=1S/C26H36N2O5.C4H4O4/c1-19(2)23(33-25-18-20(12-13-27)17-24(30-4)26(25)31-5)7-6-14-28-15-16-32-22-10-8-21(29-3)9-11-22;5-3(6)1-2-4(7)8/h8-11,17-19,23,28H,6-7,12,14-16H2,1-5H3;1-2H,(H,5,6)(H,7,8)/b;2-1+. The van der Waals surface area contributed by atoms with E-state index < -0.39 is 11.9 Å². The second-order valence-corrected chi connectivity index (χ2v) is 8.99. The summed E-state index contributed by atoms with van der Waals surface area (Å²) in [7, 11) is 4.83. The summed E-state index contributed by atoms with van der Waals surface area (Å²) in [5, 5.41) is 28.1. The predicted octanol–water partition coefficient (Wildman–Crippen LogP) is 4.34. The first kappa shape index (κ1) is 34.6. The highest BCUT2D eigenvalue weighted by Gasteiger charge is 2.20. The predicted molar refractivity (Wildman–Crippen MR) is 153 cm³/mol. The number of nitriles is 1. The van der Waals surface area contributed by atoms with Crippen LogP contribution in [0.15, 0.2) is 48.6 Å². The van der Waals surface area contributed by atoms with Crippen molar-refractivity contribution in [1.29, 1.82) is 5.26 Å². The topological polar surface area (TPSA) is 157 Å². The van der Waals surface area contributed by atoms with Gasteiger partial charge in [0.25, 0.3) is 0 Å². The fourth-order valence-electron chi connectivity index (χ4n) is 3.56. The zero-order valence-corrected chi connectivity index (χ0v) is 24.2. The quantitative estimate of drug-likeness (QED) is 0.183. The average Bonchev–Trinajstić information content (AvgIpc) is 2.95. The highest BCUT2D eigenvalue weighted by Crippen LogP contribution is 2.40. The lowest BCUT2D eigenvalue weighted by atomic mass is 10.0. The van der Waals surface area contributed by atoms with Gasteiger partial charge in [0.1, 0.15) is 24.2 Å². The van der Waals surface area contributed by atoms with Crippen LogP contribution in [0, 0.1) is 17.2 Å². The van der Waals surface area contributed by atoms with Crippen molar-refractivity contribution in [3.05, 3.63) is 54.1 Å². The molecule has 11 heteroatoms. The molecule has 1 unspecified atom stereocenters. The van der Waals surface area contributed by atoms with Crippen molar-refractivity contribution in [3.8, 4) is 34.8 Å². The lowest BCUT2D eigenvalue weighted by Gasteiger charge is -2.25. The zero-order chi connectivity index (χ0) is 30.6. The number of aliphatic carboxylic acids is 2. The number of carbonyl (C=O) groups is 2. The van der Waals surface area contributed by atoms with Gasteiger partial charge in [0.05, 0.1) is 33.8 Å². The lowest BCUT2D eigenvalue weighted by Crippen LogP contribution is -2.27. The van der Waals surface area contributed by atoms with Crippen LogP contribution in [-0.2, 0) is 16.0 Å². The highest BCUT2D eigenvalue weighted by atomic mass is 16.5. The smallest absolute Gasteiger partial charge is 0.328 e. The van der Waals surface area contributed by atoms with Gasteiger partial charge in [0.2, 0.25) is 5.75 Å². The van der Waals surface area contributed by atoms with Crippen molar-refractivity contribution >= 4 is 11.9 Å². The summed E-state index contributed by atoms with van der Waals surface area (Å²) in [5.74, 6) is 1.18. The third kappa shape index (κ3) is 14.0. The number of carboxylic acids is 2. The van der Waals surface area contributed by atoms with Gasteiger partial charge in [-0.1, -0.05) is 13.8 Å². The molecule has 0 aromatic heterocycles. The molecule has 0 amide bonds. The van der Waals surface area contributed by atoms with Crippen LogP contribution in [0.3, 0.4) is 0 Å². The minimum absolute atomic E-state index is 0.0123. The molecule has 1 atom stereocenters. The second kappa shape index (κ2) is 19.6. The fraction of sp³-hybridized carbons (Fsp3) is 0.433. The molecule has 41 heavy (non-hydrogen) atoms. The van der Waals surface area contributed by atoms with E-state index in [1.807, 2.05) is 36.4 Å². The van der Waals surface area contributed by atoms with Crippen LogP contribution in [0.4, 0.5) is 0 Å². The van der Waals surface area contributed by atoms with E-state index in [0.29, 0.717) is 41.9 Å². The Morgan fingerprint density at radius 1 is 0.927 bits per heavy atom. The van der Waals surface area contributed by atoms with Crippen LogP contribution in [0.5, 0.6) is 28.7 Å². The number of rotatable bonds is 17. The van der Waals surface area contributed by atoms with E-state index in [0.717, 1.165) is 43.0 Å². The first-order valence-electron chi connectivity index (χ1n) is 13.0. The van der Waals surface area contributed by atoms with E-state index in [9.17, 15) is 9.59 Å². The van der Waals surface area contributed by atoms with Gasteiger partial charge in [-0.2, -0.15) is 5.26 Å². The van der Waals surface area contributed by atoms with Crippen molar-refractivity contribution in [2.24, 2.45) is 5.92 Å². The molecule has 3 N–H and O–H groups in total. The molecular weight excluding hydrogens is 532 g/mol. The monoisotopic (exact) mass is 572 g/mol. The molecule has 0 fully saturated rings. The molecule has 0 aliphatic heterocycles. The molecule has 2 aromatic carbocycles. The zero-order valence-electron chi connectivity index (χ0n) is 24.2. The lowest BCUT2D eigenvalue weighted by molar-refractivity contribution is -0.134. The molecule has 2 aromatic rings. The van der Waals surface area contributed by atoms with E-state index in [4.69, 9.17) is 39.2 Å². The maximum Gasteiger partial charge on any atom is 0.328 e. The van der Waals surface area contributed by atoms with Crippen LogP contribution < -0.4 is 29.0 Å². The van der Waals surface area contributed by atoms with Gasteiger partial charge in [-0.05, 0) is 67.3 Å². The Kier molecular flexibility index (Phi) is 16.5. The number of nitrogens with zero attached hydrogens (tertiary/aromatic N) is 1. The van der Waals surface area contributed by atoms with Gasteiger partial charge in [-0.25, -0.2) is 9.59 Å². The summed E-state index contributed by atoms with van der Waals surface area (Å²) in [6.07, 6.45) is 3.26. The van der Waals surface area contributed by atoms with Gasteiger partial charge in [-0.3, -0.25) is 0 Å². The van der Waals surface area contributed by atoms with E-state index >= 15 is 0 Å². The van der Waals surface area contributed by atoms with Crippen LogP contribution in [0.2, 0.25) is 0 Å². The number of hydrogen-bond acceptors (Lipinski definition) is 9. The summed E-state index contributed by atoms with van der Waals surface area (Å²) in [5.41, 5.74) is 0.839. The number of methoxy groups -OCH3 is 3. The third-order valence-electron chi connectivity index (χ3n) is 5.63. The number of nitrogens with one attached hydrogen (secondary N) is 1. The van der Waals surface area contributed by atoms with Crippen molar-refractivity contribution in [1.82, 2.24) is 5.32 Å². The summed E-state index contributed by atoms with van der Waals surface area (Å²) in [6, 6.07) is 13.4. The fourth-order valence-corrected chi connectivity index (χ4v) is 3.56. The summed E-state index contributed by atoms with van der Waals surface area (Å²) < 4.78 is 28.2. The minimum atomic E-state index is -1.26. The number of carboxylic acid groups (broad SMARTS) is 2. The Morgan fingerprint density at radius 3 is 2.05 bits per heavy atom. The molecule has 0 heterocycles. The van der Waals surface area contributed by atoms with E-state index in [1.54, 1.807) is 21.3 Å². The van der Waals surface area contributed by atoms with Gasteiger partial charge >= 0.3 is 11.9 Å². The Morgan fingerprint density at radius 2 is 1.54 bits per heavy atom. The van der Waals surface area contributed by atoms with Crippen LogP contribution >= 0.6 is 0 Å². The molecule has 2 rings (SSSR count). The summed E-state index contributed by atoms with van der Waals surface area (Å²) in [4.78, 5) is 19.1. The van der Waals surface area contributed by atoms with Crippen LogP contribution in [0.25, 0.3) is 0 Å². The molecule has 0 radical (unpaired) electrons. The summed E-state index contributed by atoms with van der Waals surface area (Å²) in [6.45, 7) is 6.51. The van der Waals surface area contributed by atoms with E-state index in [1.165, 1.54) is 0 Å². The van der Waals surface area contributed by atoms with Crippen molar-refractivity contribution in [2.75, 3.05) is 41.0 Å². The van der Waals surface area contributed by atoms with Gasteiger partial charge in [0.15, 0.2) is 11.5 Å². The Labute approximate surface area is 241 Å². The minimum Gasteiger partial charge on any atom is -0.497 e. The molecule has 0 aliphatic rings. The second-order valence-electron chi connectivity index (χ2n) is 8.99. The van der Waals surface area contributed by atoms with Crippen LogP contribution in [-0.4, -0.2) is 69.3 Å². The van der Waals surface area contributed by atoms with Gasteiger partial charge in [0, 0.05) is 18.7 Å². The van der Waals surface area contributed by atoms with Gasteiger partial charge in [-0.15, -0.1) is 0 Å². The Hall–Kier alpha value is -4.43. The molecule has 0 aliphatic carbocycles. The summed E-state index contributed by atoms with van der Waals surface area (Å²) >= 11 is 0. The van der Waals surface area contributed by atoms with E-state index in [-0.39, 0.29) is 12.5 Å². The van der Waals surface area contributed by atoms with Crippen molar-refractivity contribution in [2.45, 2.75) is 39.2 Å². The van der Waals surface area contributed by atoms with Gasteiger partial charge < -0.3 is 39.2 Å². The number of ether oxygens (including phenoxy) is 5. The number of benzene rings is 2. The molecular formula is C30H40N2O9. The number of hydrogen-bond donors (Lipinski definition) is 3. The SMILES string of the molecule is COc1ccc(OCCNCCCC(Oc2cc(CC#N)cc(OC)c2OC)C(C)C)cc1.O=C(O)/C=C/C(=O)O. The maximum absolute atomic E-state index is 9.55. The first-order valence-corrected chi connectivity index (χ1v) is 13.0. The third-order valence-corrected chi connectivity index (χ3v) is 5.63. The molecule has 0 spiro atoms. The molecule has 224 valence electrons.